The molecule has 2 saturated carbocycles. The highest BCUT2D eigenvalue weighted by Gasteiger charge is 2.32. The Morgan fingerprint density at radius 1 is 1.06 bits per heavy atom. The average Bonchev–Trinajstić information content (AvgIpc) is 2.34. The molecule has 2 rings (SSSR count). The summed E-state index contributed by atoms with van der Waals surface area (Å²) in [6.07, 6.45) is 11.8. The van der Waals surface area contributed by atoms with Crippen LogP contribution in [0.1, 0.15) is 71.6 Å². The molecule has 2 fully saturated rings. The van der Waals surface area contributed by atoms with Crippen LogP contribution >= 0.6 is 0 Å². The molecule has 0 heterocycles. The first-order valence-electron chi connectivity index (χ1n) is 7.73. The predicted octanol–water partition coefficient (Wildman–Crippen LogP) is 4.60. The molecule has 0 spiro atoms. The third-order valence-corrected chi connectivity index (χ3v) is 5.22. The van der Waals surface area contributed by atoms with Crippen LogP contribution in [0.5, 0.6) is 0 Å². The lowest BCUT2D eigenvalue weighted by Crippen LogP contribution is -2.29. The summed E-state index contributed by atoms with van der Waals surface area (Å²) in [6, 6.07) is 0. The molecule has 0 bridgehead atoms. The van der Waals surface area contributed by atoms with Gasteiger partial charge in [-0.1, -0.05) is 39.5 Å². The zero-order valence-corrected chi connectivity index (χ0v) is 11.6. The third-order valence-electron chi connectivity index (χ3n) is 5.22. The van der Waals surface area contributed by atoms with Crippen molar-refractivity contribution in [1.82, 2.24) is 0 Å². The van der Waals surface area contributed by atoms with E-state index >= 15 is 0 Å². The molecule has 2 aliphatic rings. The van der Waals surface area contributed by atoms with Gasteiger partial charge in [-0.3, -0.25) is 4.79 Å². The molecule has 0 saturated heterocycles. The minimum absolute atomic E-state index is 0.349. The van der Waals surface area contributed by atoms with Gasteiger partial charge in [0.05, 0.1) is 0 Å². The van der Waals surface area contributed by atoms with Crippen LogP contribution in [-0.2, 0) is 4.79 Å². The van der Waals surface area contributed by atoms with Crippen molar-refractivity contribution >= 4 is 5.78 Å². The molecule has 2 aliphatic carbocycles. The van der Waals surface area contributed by atoms with Crippen molar-refractivity contribution in [3.63, 3.8) is 0 Å². The first kappa shape index (κ1) is 13.1. The third kappa shape index (κ3) is 3.33. The molecular formula is C16H28O. The molecule has 0 aliphatic heterocycles. The minimum Gasteiger partial charge on any atom is -0.299 e. The standard InChI is InChI=1S/C16H28O/c1-3-4-13-5-7-14(8-6-13)15-9-10-16(17)12(2)11-15/h12-15H,3-11H2,1-2H3/t12-,13?,14?,15+/m1/s1. The van der Waals surface area contributed by atoms with Crippen molar-refractivity contribution in [2.75, 3.05) is 0 Å². The molecule has 0 radical (unpaired) electrons. The van der Waals surface area contributed by atoms with E-state index in [0.29, 0.717) is 11.7 Å². The summed E-state index contributed by atoms with van der Waals surface area (Å²) in [4.78, 5) is 11.6. The van der Waals surface area contributed by atoms with Gasteiger partial charge in [0.2, 0.25) is 0 Å². The second-order valence-electron chi connectivity index (χ2n) is 6.47. The summed E-state index contributed by atoms with van der Waals surface area (Å²) < 4.78 is 0. The Morgan fingerprint density at radius 3 is 2.35 bits per heavy atom. The van der Waals surface area contributed by atoms with Crippen molar-refractivity contribution < 1.29 is 4.79 Å². The van der Waals surface area contributed by atoms with Gasteiger partial charge >= 0.3 is 0 Å². The number of Topliss-reactive ketones (excluding diaryl/α,β-unsaturated/α-hetero) is 1. The van der Waals surface area contributed by atoms with E-state index in [1.165, 1.54) is 51.4 Å². The topological polar surface area (TPSA) is 17.1 Å². The second kappa shape index (κ2) is 6.02. The maximum Gasteiger partial charge on any atom is 0.135 e. The van der Waals surface area contributed by atoms with Crippen LogP contribution in [0.25, 0.3) is 0 Å². The summed E-state index contributed by atoms with van der Waals surface area (Å²) in [5, 5.41) is 0. The van der Waals surface area contributed by atoms with E-state index in [9.17, 15) is 4.79 Å². The molecule has 2 atom stereocenters. The fourth-order valence-electron chi connectivity index (χ4n) is 4.06. The monoisotopic (exact) mass is 236 g/mol. The van der Waals surface area contributed by atoms with Crippen LogP contribution in [-0.4, -0.2) is 5.78 Å². The van der Waals surface area contributed by atoms with Gasteiger partial charge in [0, 0.05) is 12.3 Å². The first-order chi connectivity index (χ1) is 8.20. The molecule has 0 aromatic heterocycles. The molecule has 1 nitrogen and oxygen atoms in total. The molecule has 98 valence electrons. The summed E-state index contributed by atoms with van der Waals surface area (Å²) in [6.45, 7) is 4.44. The van der Waals surface area contributed by atoms with Crippen LogP contribution in [0.15, 0.2) is 0 Å². The summed E-state index contributed by atoms with van der Waals surface area (Å²) >= 11 is 0. The highest BCUT2D eigenvalue weighted by atomic mass is 16.1. The number of carbonyl (C=O) groups is 1. The van der Waals surface area contributed by atoms with Crippen LogP contribution in [0, 0.1) is 23.7 Å². The van der Waals surface area contributed by atoms with E-state index < -0.39 is 0 Å². The van der Waals surface area contributed by atoms with E-state index in [1.807, 2.05) is 0 Å². The van der Waals surface area contributed by atoms with Gasteiger partial charge in [-0.25, -0.2) is 0 Å². The molecule has 0 N–H and O–H groups in total. The lowest BCUT2D eigenvalue weighted by molar-refractivity contribution is -0.125. The van der Waals surface area contributed by atoms with Gasteiger partial charge in [0.1, 0.15) is 5.78 Å². The van der Waals surface area contributed by atoms with Gasteiger partial charge in [0.25, 0.3) is 0 Å². The normalized spacial score (nSPS) is 39.3. The SMILES string of the molecule is CCCC1CCC([C@H]2CCC(=O)[C@H](C)C2)CC1. The first-order valence-corrected chi connectivity index (χ1v) is 7.73. The number of rotatable bonds is 3. The summed E-state index contributed by atoms with van der Waals surface area (Å²) in [5.74, 6) is 3.69. The Morgan fingerprint density at radius 2 is 1.76 bits per heavy atom. The maximum absolute atomic E-state index is 11.6. The zero-order chi connectivity index (χ0) is 12.3. The number of carbonyl (C=O) groups excluding carboxylic acids is 1. The summed E-state index contributed by atoms with van der Waals surface area (Å²) in [5.41, 5.74) is 0. The van der Waals surface area contributed by atoms with Crippen molar-refractivity contribution in [3.8, 4) is 0 Å². The van der Waals surface area contributed by atoms with Crippen LogP contribution in [0.3, 0.4) is 0 Å². The van der Waals surface area contributed by atoms with E-state index in [-0.39, 0.29) is 0 Å². The lowest BCUT2D eigenvalue weighted by Gasteiger charge is -2.37. The lowest BCUT2D eigenvalue weighted by atomic mass is 9.68. The van der Waals surface area contributed by atoms with Gasteiger partial charge in [0.15, 0.2) is 0 Å². The Balaban J connectivity index is 1.79. The van der Waals surface area contributed by atoms with Crippen molar-refractivity contribution in [2.45, 2.75) is 71.6 Å². The predicted molar refractivity (Wildman–Crippen MR) is 71.9 cm³/mol. The van der Waals surface area contributed by atoms with Crippen LogP contribution < -0.4 is 0 Å². The van der Waals surface area contributed by atoms with Crippen LogP contribution in [0.2, 0.25) is 0 Å². The fraction of sp³-hybridized carbons (Fsp3) is 0.938. The Labute approximate surface area is 106 Å². The molecule has 17 heavy (non-hydrogen) atoms. The molecular weight excluding hydrogens is 208 g/mol. The summed E-state index contributed by atoms with van der Waals surface area (Å²) in [7, 11) is 0. The van der Waals surface area contributed by atoms with Gasteiger partial charge in [-0.2, -0.15) is 0 Å². The van der Waals surface area contributed by atoms with Crippen molar-refractivity contribution in [1.29, 1.82) is 0 Å². The molecule has 0 unspecified atom stereocenters. The largest absolute Gasteiger partial charge is 0.299 e. The quantitative estimate of drug-likeness (QED) is 0.700. The average molecular weight is 236 g/mol. The molecule has 1 heteroatoms. The highest BCUT2D eigenvalue weighted by molar-refractivity contribution is 5.81. The van der Waals surface area contributed by atoms with Gasteiger partial charge < -0.3 is 0 Å². The maximum atomic E-state index is 11.6. The smallest absolute Gasteiger partial charge is 0.135 e. The van der Waals surface area contributed by atoms with Crippen molar-refractivity contribution in [3.05, 3.63) is 0 Å². The molecule has 0 aromatic carbocycles. The Bertz CT molecular complexity index is 250. The highest BCUT2D eigenvalue weighted by Crippen LogP contribution is 2.41. The number of hydrogen-bond donors (Lipinski definition) is 0. The zero-order valence-electron chi connectivity index (χ0n) is 11.6. The van der Waals surface area contributed by atoms with E-state index in [2.05, 4.69) is 13.8 Å². The van der Waals surface area contributed by atoms with Crippen LogP contribution in [0.4, 0.5) is 0 Å². The van der Waals surface area contributed by atoms with Gasteiger partial charge in [-0.15, -0.1) is 0 Å². The molecule has 0 aromatic rings. The fourth-order valence-corrected chi connectivity index (χ4v) is 4.06. The van der Waals surface area contributed by atoms with Crippen molar-refractivity contribution in [2.24, 2.45) is 23.7 Å². The van der Waals surface area contributed by atoms with E-state index in [4.69, 9.17) is 0 Å². The molecule has 0 amide bonds. The minimum atomic E-state index is 0.349. The Kier molecular flexibility index (Phi) is 4.64. The number of hydrogen-bond acceptors (Lipinski definition) is 1. The van der Waals surface area contributed by atoms with E-state index in [1.54, 1.807) is 0 Å². The van der Waals surface area contributed by atoms with Gasteiger partial charge in [-0.05, 0) is 43.4 Å². The Hall–Kier alpha value is -0.330. The second-order valence-corrected chi connectivity index (χ2v) is 6.47. The van der Waals surface area contributed by atoms with E-state index in [0.717, 1.165) is 24.2 Å². The number of ketones is 1.